The second-order valence-electron chi connectivity index (χ2n) is 4.09. The maximum absolute atomic E-state index is 9.72. The Balaban J connectivity index is 2.88. The van der Waals surface area contributed by atoms with Gasteiger partial charge in [0, 0.05) is 17.3 Å². The summed E-state index contributed by atoms with van der Waals surface area (Å²) < 4.78 is 0. The van der Waals surface area contributed by atoms with Crippen LogP contribution in [-0.2, 0) is 0 Å². The number of pyridine rings is 1. The van der Waals surface area contributed by atoms with Crippen LogP contribution < -0.4 is 5.32 Å². The monoisotopic (exact) mass is 208 g/mol. The fraction of sp³-hybridized carbons (Fsp3) is 0.583. The van der Waals surface area contributed by atoms with Gasteiger partial charge in [-0.2, -0.15) is 0 Å². The molecule has 0 aliphatic heterocycles. The van der Waals surface area contributed by atoms with Gasteiger partial charge >= 0.3 is 0 Å². The van der Waals surface area contributed by atoms with Gasteiger partial charge in [-0.15, -0.1) is 0 Å². The van der Waals surface area contributed by atoms with Gasteiger partial charge < -0.3 is 10.4 Å². The van der Waals surface area contributed by atoms with E-state index in [2.05, 4.69) is 24.1 Å². The predicted molar refractivity (Wildman–Crippen MR) is 63.0 cm³/mol. The average molecular weight is 208 g/mol. The molecule has 3 heteroatoms. The molecule has 15 heavy (non-hydrogen) atoms. The molecule has 1 heterocycles. The lowest BCUT2D eigenvalue weighted by atomic mass is 10.1. The molecule has 0 radical (unpaired) electrons. The van der Waals surface area contributed by atoms with Crippen molar-refractivity contribution in [3.8, 4) is 0 Å². The van der Waals surface area contributed by atoms with E-state index in [-0.39, 0.29) is 0 Å². The zero-order valence-electron chi connectivity index (χ0n) is 9.91. The van der Waals surface area contributed by atoms with Crippen LogP contribution in [0.4, 0.5) is 5.82 Å². The van der Waals surface area contributed by atoms with Crippen molar-refractivity contribution < 1.29 is 5.11 Å². The van der Waals surface area contributed by atoms with E-state index in [0.29, 0.717) is 6.04 Å². The first kappa shape index (κ1) is 12.0. The number of rotatable bonds is 4. The summed E-state index contributed by atoms with van der Waals surface area (Å²) in [6.45, 7) is 8.04. The molecule has 1 unspecified atom stereocenters. The van der Waals surface area contributed by atoms with Crippen molar-refractivity contribution in [3.63, 3.8) is 0 Å². The minimum atomic E-state index is -0.398. The van der Waals surface area contributed by atoms with Crippen LogP contribution in [0.15, 0.2) is 12.1 Å². The number of nitrogens with zero attached hydrogens (tertiary/aromatic N) is 1. The van der Waals surface area contributed by atoms with Gasteiger partial charge in [0.1, 0.15) is 5.82 Å². The SMILES string of the molecule is CCC(O)c1ccc(NC(C)C)nc1C. The number of anilines is 1. The van der Waals surface area contributed by atoms with Crippen molar-refractivity contribution in [3.05, 3.63) is 23.4 Å². The summed E-state index contributed by atoms with van der Waals surface area (Å²) in [4.78, 5) is 4.41. The van der Waals surface area contributed by atoms with Gasteiger partial charge in [0.15, 0.2) is 0 Å². The first-order chi connectivity index (χ1) is 7.04. The Kier molecular flexibility index (Phi) is 4.09. The fourth-order valence-corrected chi connectivity index (χ4v) is 1.52. The summed E-state index contributed by atoms with van der Waals surface area (Å²) in [5.41, 5.74) is 1.82. The number of hydrogen-bond acceptors (Lipinski definition) is 3. The lowest BCUT2D eigenvalue weighted by Gasteiger charge is -2.14. The normalized spacial score (nSPS) is 12.9. The third kappa shape index (κ3) is 3.20. The number of aromatic nitrogens is 1. The van der Waals surface area contributed by atoms with Crippen molar-refractivity contribution in [1.82, 2.24) is 4.98 Å². The highest BCUT2D eigenvalue weighted by Crippen LogP contribution is 2.20. The third-order valence-electron chi connectivity index (χ3n) is 2.31. The molecule has 0 fully saturated rings. The fourth-order valence-electron chi connectivity index (χ4n) is 1.52. The van der Waals surface area contributed by atoms with Crippen LogP contribution in [0.5, 0.6) is 0 Å². The minimum Gasteiger partial charge on any atom is -0.388 e. The Morgan fingerprint density at radius 2 is 2.07 bits per heavy atom. The zero-order chi connectivity index (χ0) is 11.4. The van der Waals surface area contributed by atoms with Crippen LogP contribution in [0.1, 0.15) is 44.6 Å². The molecular weight excluding hydrogens is 188 g/mol. The third-order valence-corrected chi connectivity index (χ3v) is 2.31. The van der Waals surface area contributed by atoms with Crippen LogP contribution in [0.2, 0.25) is 0 Å². The molecule has 1 atom stereocenters. The van der Waals surface area contributed by atoms with Gasteiger partial charge in [-0.05, 0) is 33.3 Å². The minimum absolute atomic E-state index is 0.374. The molecule has 0 bridgehead atoms. The topological polar surface area (TPSA) is 45.1 Å². The maximum Gasteiger partial charge on any atom is 0.126 e. The zero-order valence-corrected chi connectivity index (χ0v) is 9.91. The summed E-state index contributed by atoms with van der Waals surface area (Å²) in [7, 11) is 0. The van der Waals surface area contributed by atoms with Gasteiger partial charge in [0.05, 0.1) is 6.10 Å². The van der Waals surface area contributed by atoms with Crippen molar-refractivity contribution >= 4 is 5.82 Å². The Hall–Kier alpha value is -1.09. The number of aliphatic hydroxyl groups is 1. The molecule has 1 rings (SSSR count). The van der Waals surface area contributed by atoms with Gasteiger partial charge in [-0.1, -0.05) is 13.0 Å². The molecule has 0 aliphatic rings. The van der Waals surface area contributed by atoms with Gasteiger partial charge in [-0.25, -0.2) is 4.98 Å². The molecule has 3 nitrogen and oxygen atoms in total. The van der Waals surface area contributed by atoms with E-state index in [0.717, 1.165) is 23.5 Å². The van der Waals surface area contributed by atoms with Crippen LogP contribution in [0, 0.1) is 6.92 Å². The average Bonchev–Trinajstić information content (AvgIpc) is 2.16. The van der Waals surface area contributed by atoms with Gasteiger partial charge in [0.2, 0.25) is 0 Å². The van der Waals surface area contributed by atoms with Crippen LogP contribution in [-0.4, -0.2) is 16.1 Å². The van der Waals surface area contributed by atoms with E-state index < -0.39 is 6.10 Å². The summed E-state index contributed by atoms with van der Waals surface area (Å²) in [5.74, 6) is 0.870. The summed E-state index contributed by atoms with van der Waals surface area (Å²) in [6.07, 6.45) is 0.324. The summed E-state index contributed by atoms with van der Waals surface area (Å²) >= 11 is 0. The highest BCUT2D eigenvalue weighted by atomic mass is 16.3. The van der Waals surface area contributed by atoms with E-state index in [9.17, 15) is 5.11 Å². The van der Waals surface area contributed by atoms with Crippen molar-refractivity contribution in [1.29, 1.82) is 0 Å². The molecule has 0 spiro atoms. The second kappa shape index (κ2) is 5.12. The number of hydrogen-bond donors (Lipinski definition) is 2. The maximum atomic E-state index is 9.72. The summed E-state index contributed by atoms with van der Waals surface area (Å²) in [6, 6.07) is 4.24. The lowest BCUT2D eigenvalue weighted by Crippen LogP contribution is -2.12. The Morgan fingerprint density at radius 1 is 1.40 bits per heavy atom. The first-order valence-electron chi connectivity index (χ1n) is 5.46. The van der Waals surface area contributed by atoms with Gasteiger partial charge in [-0.3, -0.25) is 0 Å². The van der Waals surface area contributed by atoms with Crippen molar-refractivity contribution in [2.75, 3.05) is 5.32 Å². The number of aliphatic hydroxyl groups excluding tert-OH is 1. The van der Waals surface area contributed by atoms with Crippen molar-refractivity contribution in [2.45, 2.75) is 46.3 Å². The van der Waals surface area contributed by atoms with Crippen LogP contribution >= 0.6 is 0 Å². The summed E-state index contributed by atoms with van der Waals surface area (Å²) in [5, 5.41) is 13.0. The quantitative estimate of drug-likeness (QED) is 0.799. The molecule has 2 N–H and O–H groups in total. The van der Waals surface area contributed by atoms with Crippen LogP contribution in [0.3, 0.4) is 0 Å². The highest BCUT2D eigenvalue weighted by molar-refractivity contribution is 5.39. The standard InChI is InChI=1S/C12H20N2O/c1-5-11(15)10-6-7-12(13-8(2)3)14-9(10)4/h6-8,11,15H,5H2,1-4H3,(H,13,14). The molecule has 1 aromatic rings. The van der Waals surface area contributed by atoms with E-state index in [1.54, 1.807) is 0 Å². The largest absolute Gasteiger partial charge is 0.388 e. The highest BCUT2D eigenvalue weighted by Gasteiger charge is 2.09. The number of nitrogens with one attached hydrogen (secondary N) is 1. The smallest absolute Gasteiger partial charge is 0.126 e. The molecule has 0 saturated heterocycles. The molecule has 0 saturated carbocycles. The molecule has 0 aliphatic carbocycles. The van der Waals surface area contributed by atoms with Crippen LogP contribution in [0.25, 0.3) is 0 Å². The van der Waals surface area contributed by atoms with Gasteiger partial charge in [0.25, 0.3) is 0 Å². The molecule has 0 amide bonds. The Bertz CT molecular complexity index is 323. The predicted octanol–water partition coefficient (Wildman–Crippen LogP) is 2.65. The molecule has 1 aromatic heterocycles. The second-order valence-corrected chi connectivity index (χ2v) is 4.09. The number of aryl methyl sites for hydroxylation is 1. The van der Waals surface area contributed by atoms with E-state index in [1.807, 2.05) is 26.0 Å². The Labute approximate surface area is 91.5 Å². The van der Waals surface area contributed by atoms with E-state index >= 15 is 0 Å². The van der Waals surface area contributed by atoms with E-state index in [1.165, 1.54) is 0 Å². The van der Waals surface area contributed by atoms with Crippen molar-refractivity contribution in [2.24, 2.45) is 0 Å². The first-order valence-corrected chi connectivity index (χ1v) is 5.46. The molecular formula is C12H20N2O. The molecule has 0 aromatic carbocycles. The molecule has 84 valence electrons. The van der Waals surface area contributed by atoms with E-state index in [4.69, 9.17) is 0 Å². The lowest BCUT2D eigenvalue weighted by molar-refractivity contribution is 0.172. The Morgan fingerprint density at radius 3 is 2.53 bits per heavy atom.